The first-order chi connectivity index (χ1) is 15.2. The topological polar surface area (TPSA) is 83.1 Å². The number of carbonyl (C=O) groups excluding carboxylic acids is 2. The lowest BCUT2D eigenvalue weighted by Gasteiger charge is -2.23. The average molecular weight is 415 g/mol. The maximum atomic E-state index is 12.8. The molecule has 158 valence electrons. The highest BCUT2D eigenvalue weighted by atomic mass is 16.2. The summed E-state index contributed by atoms with van der Waals surface area (Å²) >= 11 is 0. The largest absolute Gasteiger partial charge is 0.349 e. The van der Waals surface area contributed by atoms with Gasteiger partial charge < -0.3 is 16.0 Å². The number of fused-ring (bicyclic) bond motifs is 1. The molecule has 1 saturated heterocycles. The molecule has 2 aliphatic rings. The summed E-state index contributed by atoms with van der Waals surface area (Å²) in [5, 5.41) is 11.6. The van der Waals surface area contributed by atoms with Crippen molar-refractivity contribution in [1.82, 2.24) is 15.6 Å². The number of rotatable bonds is 5. The zero-order valence-electron chi connectivity index (χ0n) is 17.3. The Hall–Kier alpha value is -3.25. The van der Waals surface area contributed by atoms with Gasteiger partial charge in [0.05, 0.1) is 0 Å². The van der Waals surface area contributed by atoms with E-state index in [1.807, 2.05) is 54.7 Å². The Morgan fingerprint density at radius 1 is 1.00 bits per heavy atom. The van der Waals surface area contributed by atoms with Gasteiger partial charge in [0, 0.05) is 41.0 Å². The summed E-state index contributed by atoms with van der Waals surface area (Å²) < 4.78 is 0. The molecule has 2 atom stereocenters. The summed E-state index contributed by atoms with van der Waals surface area (Å²) in [6.07, 6.45) is 6.29. The summed E-state index contributed by atoms with van der Waals surface area (Å²) in [6.45, 7) is 1.88. The van der Waals surface area contributed by atoms with Crippen molar-refractivity contribution in [2.45, 2.75) is 31.2 Å². The second-order valence-electron chi connectivity index (χ2n) is 8.50. The van der Waals surface area contributed by atoms with Crippen LogP contribution in [0.5, 0.6) is 0 Å². The summed E-state index contributed by atoms with van der Waals surface area (Å²) in [6, 6.07) is 15.7. The lowest BCUT2D eigenvalue weighted by atomic mass is 10.0. The third-order valence-corrected chi connectivity index (χ3v) is 6.29. The molecule has 0 spiro atoms. The van der Waals surface area contributed by atoms with Crippen LogP contribution in [0.2, 0.25) is 0 Å². The highest BCUT2D eigenvalue weighted by Crippen LogP contribution is 2.48. The molecular weight excluding hydrogens is 388 g/mol. The molecule has 6 heteroatoms. The molecular formula is C25H26N4O2. The van der Waals surface area contributed by atoms with E-state index in [-0.39, 0.29) is 29.7 Å². The molecule has 0 bridgehead atoms. The number of benzene rings is 2. The maximum absolute atomic E-state index is 12.8. The van der Waals surface area contributed by atoms with E-state index in [0.717, 1.165) is 54.4 Å². The van der Waals surface area contributed by atoms with Crippen LogP contribution in [-0.4, -0.2) is 35.9 Å². The molecule has 2 fully saturated rings. The van der Waals surface area contributed by atoms with E-state index < -0.39 is 0 Å². The van der Waals surface area contributed by atoms with E-state index in [1.165, 1.54) is 0 Å². The van der Waals surface area contributed by atoms with Gasteiger partial charge in [-0.1, -0.05) is 18.2 Å². The average Bonchev–Trinajstić information content (AvgIpc) is 3.61. The Morgan fingerprint density at radius 3 is 2.74 bits per heavy atom. The van der Waals surface area contributed by atoms with Crippen LogP contribution in [0, 0.1) is 5.92 Å². The van der Waals surface area contributed by atoms with Crippen molar-refractivity contribution in [1.29, 1.82) is 0 Å². The van der Waals surface area contributed by atoms with Gasteiger partial charge >= 0.3 is 0 Å². The fourth-order valence-corrected chi connectivity index (χ4v) is 4.39. The Labute approximate surface area is 181 Å². The summed E-state index contributed by atoms with van der Waals surface area (Å²) in [5.41, 5.74) is 2.53. The van der Waals surface area contributed by atoms with Gasteiger partial charge in [-0.2, -0.15) is 0 Å². The molecule has 2 amide bonds. The van der Waals surface area contributed by atoms with Crippen molar-refractivity contribution in [2.24, 2.45) is 5.92 Å². The second-order valence-corrected chi connectivity index (χ2v) is 8.50. The first-order valence-corrected chi connectivity index (χ1v) is 10.9. The van der Waals surface area contributed by atoms with Crippen molar-refractivity contribution >= 4 is 28.3 Å². The molecule has 0 unspecified atom stereocenters. The van der Waals surface area contributed by atoms with Gasteiger partial charge in [0.25, 0.3) is 5.91 Å². The quantitative estimate of drug-likeness (QED) is 0.597. The molecule has 1 aliphatic carbocycles. The SMILES string of the molecule is O=C(NC1CCNCC1)c1cccc([C@@H]2C[C@H]2C(=O)Nc2ccc3cnccc3c2)c1. The Balaban J connectivity index is 1.22. The van der Waals surface area contributed by atoms with Crippen molar-refractivity contribution in [3.8, 4) is 0 Å². The Kier molecular flexibility index (Phi) is 5.38. The highest BCUT2D eigenvalue weighted by Gasteiger charge is 2.44. The smallest absolute Gasteiger partial charge is 0.251 e. The number of anilines is 1. The predicted molar refractivity (Wildman–Crippen MR) is 121 cm³/mol. The zero-order valence-corrected chi connectivity index (χ0v) is 17.3. The number of piperidine rings is 1. The van der Waals surface area contributed by atoms with E-state index in [2.05, 4.69) is 20.9 Å². The molecule has 2 aromatic carbocycles. The predicted octanol–water partition coefficient (Wildman–Crippen LogP) is 3.46. The van der Waals surface area contributed by atoms with Crippen LogP contribution in [-0.2, 0) is 4.79 Å². The number of pyridine rings is 1. The van der Waals surface area contributed by atoms with Crippen molar-refractivity contribution in [2.75, 3.05) is 18.4 Å². The number of amides is 2. The minimum absolute atomic E-state index is 0.0268. The number of carbonyl (C=O) groups is 2. The molecule has 0 radical (unpaired) electrons. The van der Waals surface area contributed by atoms with Crippen molar-refractivity contribution in [3.05, 3.63) is 72.1 Å². The number of hydrogen-bond acceptors (Lipinski definition) is 4. The van der Waals surface area contributed by atoms with Gasteiger partial charge in [-0.15, -0.1) is 0 Å². The number of nitrogens with one attached hydrogen (secondary N) is 3. The molecule has 6 nitrogen and oxygen atoms in total. The van der Waals surface area contributed by atoms with Crippen LogP contribution in [0.15, 0.2) is 60.9 Å². The van der Waals surface area contributed by atoms with E-state index in [9.17, 15) is 9.59 Å². The molecule has 5 rings (SSSR count). The van der Waals surface area contributed by atoms with Crippen LogP contribution in [0.3, 0.4) is 0 Å². The summed E-state index contributed by atoms with van der Waals surface area (Å²) in [5.74, 6) is 0.108. The first-order valence-electron chi connectivity index (χ1n) is 10.9. The number of aromatic nitrogens is 1. The van der Waals surface area contributed by atoms with Crippen LogP contribution >= 0.6 is 0 Å². The van der Waals surface area contributed by atoms with Crippen LogP contribution in [0.1, 0.15) is 41.1 Å². The number of hydrogen-bond donors (Lipinski definition) is 3. The zero-order chi connectivity index (χ0) is 21.2. The molecule has 1 aromatic heterocycles. The van der Waals surface area contributed by atoms with E-state index in [1.54, 1.807) is 6.20 Å². The molecule has 31 heavy (non-hydrogen) atoms. The maximum Gasteiger partial charge on any atom is 0.251 e. The standard InChI is InChI=1S/C25H26N4O2/c30-24(28-20-7-10-26-11-8-20)18-3-1-2-17(12-18)22-14-23(22)25(31)29-21-5-4-19-15-27-9-6-16(19)13-21/h1-6,9,12-13,15,20,22-23,26H,7-8,10-11,14H2,(H,28,30)(H,29,31)/t22-,23+/m0/s1. The van der Waals surface area contributed by atoms with E-state index in [4.69, 9.17) is 0 Å². The molecule has 2 heterocycles. The van der Waals surface area contributed by atoms with Gasteiger partial charge in [0.1, 0.15) is 0 Å². The van der Waals surface area contributed by atoms with Crippen molar-refractivity contribution in [3.63, 3.8) is 0 Å². The highest BCUT2D eigenvalue weighted by molar-refractivity contribution is 5.98. The van der Waals surface area contributed by atoms with Crippen LogP contribution in [0.25, 0.3) is 10.8 Å². The van der Waals surface area contributed by atoms with Gasteiger partial charge in [-0.3, -0.25) is 14.6 Å². The van der Waals surface area contributed by atoms with Crippen LogP contribution in [0.4, 0.5) is 5.69 Å². The monoisotopic (exact) mass is 414 g/mol. The number of nitrogens with zero attached hydrogens (tertiary/aromatic N) is 1. The van der Waals surface area contributed by atoms with Gasteiger partial charge in [-0.05, 0) is 79.6 Å². The van der Waals surface area contributed by atoms with E-state index in [0.29, 0.717) is 5.56 Å². The fraction of sp³-hybridized carbons (Fsp3) is 0.320. The summed E-state index contributed by atoms with van der Waals surface area (Å²) in [7, 11) is 0. The molecule has 1 aliphatic heterocycles. The Morgan fingerprint density at radius 2 is 1.87 bits per heavy atom. The molecule has 1 saturated carbocycles. The van der Waals surface area contributed by atoms with E-state index >= 15 is 0 Å². The third kappa shape index (κ3) is 4.44. The minimum atomic E-state index is -0.0594. The van der Waals surface area contributed by atoms with Gasteiger partial charge in [0.2, 0.25) is 5.91 Å². The first kappa shape index (κ1) is 19.7. The normalized spacial score (nSPS) is 20.9. The van der Waals surface area contributed by atoms with Gasteiger partial charge in [0.15, 0.2) is 0 Å². The molecule has 3 N–H and O–H groups in total. The van der Waals surface area contributed by atoms with Crippen LogP contribution < -0.4 is 16.0 Å². The van der Waals surface area contributed by atoms with Crippen molar-refractivity contribution < 1.29 is 9.59 Å². The van der Waals surface area contributed by atoms with Gasteiger partial charge in [-0.25, -0.2) is 0 Å². The Bertz CT molecular complexity index is 1120. The molecule has 3 aromatic rings. The minimum Gasteiger partial charge on any atom is -0.349 e. The lowest BCUT2D eigenvalue weighted by Crippen LogP contribution is -2.42. The third-order valence-electron chi connectivity index (χ3n) is 6.29. The fourth-order valence-electron chi connectivity index (χ4n) is 4.39. The lowest BCUT2D eigenvalue weighted by molar-refractivity contribution is -0.117. The summed E-state index contributed by atoms with van der Waals surface area (Å²) in [4.78, 5) is 29.5. The second kappa shape index (κ2) is 8.47.